The number of β-amino-alcohol motifs (C(OH)–C–C–N with tert-alkyl or cyclic N) is 1. The number of H-pyrrole nitrogens is 1. The normalized spacial score (nSPS) is 17.5. The number of anilines is 1. The molecule has 6 heteroatoms. The fourth-order valence-corrected chi connectivity index (χ4v) is 2.44. The molecule has 2 aromatic rings. The molecule has 0 bridgehead atoms. The third kappa shape index (κ3) is 2.04. The van der Waals surface area contributed by atoms with Gasteiger partial charge in [0, 0.05) is 38.9 Å². The zero-order valence-corrected chi connectivity index (χ0v) is 10.2. The molecule has 1 saturated heterocycles. The number of aromatic amines is 1. The van der Waals surface area contributed by atoms with Crippen LogP contribution in [0.25, 0.3) is 11.0 Å². The zero-order valence-electron chi connectivity index (χ0n) is 10.2. The van der Waals surface area contributed by atoms with E-state index in [2.05, 4.69) is 24.8 Å². The van der Waals surface area contributed by atoms with Crippen LogP contribution in [0.5, 0.6) is 0 Å². The summed E-state index contributed by atoms with van der Waals surface area (Å²) in [5.74, 6) is 1.00. The third-order valence-corrected chi connectivity index (χ3v) is 3.42. The van der Waals surface area contributed by atoms with Crippen molar-refractivity contribution < 1.29 is 5.11 Å². The molecule has 2 aromatic heterocycles. The van der Waals surface area contributed by atoms with Crippen LogP contribution in [0.3, 0.4) is 0 Å². The summed E-state index contributed by atoms with van der Waals surface area (Å²) in [6.45, 7) is 4.81. The van der Waals surface area contributed by atoms with E-state index in [-0.39, 0.29) is 6.61 Å². The van der Waals surface area contributed by atoms with Crippen molar-refractivity contribution in [1.82, 2.24) is 19.9 Å². The number of rotatable bonds is 3. The molecule has 3 heterocycles. The van der Waals surface area contributed by atoms with E-state index in [9.17, 15) is 0 Å². The molecule has 96 valence electrons. The molecule has 0 atom stereocenters. The van der Waals surface area contributed by atoms with Gasteiger partial charge in [-0.2, -0.15) is 0 Å². The average molecular weight is 247 g/mol. The minimum Gasteiger partial charge on any atom is -0.395 e. The molecule has 0 unspecified atom stereocenters. The smallest absolute Gasteiger partial charge is 0.142 e. The molecule has 0 amide bonds. The number of fused-ring (bicyclic) bond motifs is 1. The van der Waals surface area contributed by atoms with Gasteiger partial charge in [0.1, 0.15) is 17.8 Å². The Labute approximate surface area is 105 Å². The molecule has 1 fully saturated rings. The average Bonchev–Trinajstić information content (AvgIpc) is 2.88. The van der Waals surface area contributed by atoms with Crippen molar-refractivity contribution in [3.63, 3.8) is 0 Å². The number of hydrogen-bond donors (Lipinski definition) is 2. The molecule has 1 aliphatic rings. The van der Waals surface area contributed by atoms with Crippen LogP contribution in [0, 0.1) is 0 Å². The van der Waals surface area contributed by atoms with E-state index >= 15 is 0 Å². The SMILES string of the molecule is OCCN1CCN(c2ncnc3[nH]ccc23)CC1. The lowest BCUT2D eigenvalue weighted by atomic mass is 10.2. The van der Waals surface area contributed by atoms with E-state index < -0.39 is 0 Å². The van der Waals surface area contributed by atoms with Gasteiger partial charge in [-0.3, -0.25) is 4.90 Å². The molecule has 0 radical (unpaired) electrons. The molecule has 0 saturated carbocycles. The molecule has 6 nitrogen and oxygen atoms in total. The molecular formula is C12H17N5O. The van der Waals surface area contributed by atoms with Crippen molar-refractivity contribution in [3.8, 4) is 0 Å². The second-order valence-corrected chi connectivity index (χ2v) is 4.49. The predicted molar refractivity (Wildman–Crippen MR) is 69.6 cm³/mol. The second-order valence-electron chi connectivity index (χ2n) is 4.49. The van der Waals surface area contributed by atoms with Crippen LogP contribution in [0.1, 0.15) is 0 Å². The van der Waals surface area contributed by atoms with Crippen molar-refractivity contribution in [2.75, 3.05) is 44.2 Å². The van der Waals surface area contributed by atoms with Crippen LogP contribution < -0.4 is 4.90 Å². The number of piperazine rings is 1. The monoisotopic (exact) mass is 247 g/mol. The number of aliphatic hydroxyl groups is 1. The summed E-state index contributed by atoms with van der Waals surface area (Å²) in [4.78, 5) is 16.3. The van der Waals surface area contributed by atoms with Crippen LogP contribution >= 0.6 is 0 Å². The molecule has 0 spiro atoms. The molecule has 0 aromatic carbocycles. The first-order chi connectivity index (χ1) is 8.88. The number of aromatic nitrogens is 3. The topological polar surface area (TPSA) is 68.3 Å². The van der Waals surface area contributed by atoms with Crippen molar-refractivity contribution in [2.24, 2.45) is 0 Å². The minimum absolute atomic E-state index is 0.232. The number of hydrogen-bond acceptors (Lipinski definition) is 5. The van der Waals surface area contributed by atoms with E-state index in [1.807, 2.05) is 12.3 Å². The number of nitrogens with zero attached hydrogens (tertiary/aromatic N) is 4. The van der Waals surface area contributed by atoms with Crippen molar-refractivity contribution in [1.29, 1.82) is 0 Å². The van der Waals surface area contributed by atoms with Crippen LogP contribution in [0.4, 0.5) is 5.82 Å². The third-order valence-electron chi connectivity index (χ3n) is 3.42. The minimum atomic E-state index is 0.232. The first-order valence-electron chi connectivity index (χ1n) is 6.25. The lowest BCUT2D eigenvalue weighted by Crippen LogP contribution is -2.47. The zero-order chi connectivity index (χ0) is 12.4. The maximum atomic E-state index is 8.93. The van der Waals surface area contributed by atoms with Crippen molar-refractivity contribution in [3.05, 3.63) is 18.6 Å². The molecule has 2 N–H and O–H groups in total. The van der Waals surface area contributed by atoms with E-state index in [0.717, 1.165) is 49.6 Å². The first kappa shape index (κ1) is 11.4. The molecule has 3 rings (SSSR count). The van der Waals surface area contributed by atoms with E-state index in [4.69, 9.17) is 5.11 Å². The first-order valence-corrected chi connectivity index (χ1v) is 6.25. The lowest BCUT2D eigenvalue weighted by Gasteiger charge is -2.35. The Hall–Kier alpha value is -1.66. The van der Waals surface area contributed by atoms with Gasteiger partial charge in [-0.1, -0.05) is 0 Å². The van der Waals surface area contributed by atoms with E-state index in [1.54, 1.807) is 6.33 Å². The van der Waals surface area contributed by atoms with Gasteiger partial charge >= 0.3 is 0 Å². The van der Waals surface area contributed by atoms with Crippen molar-refractivity contribution >= 4 is 16.9 Å². The molecule has 18 heavy (non-hydrogen) atoms. The molecule has 1 aliphatic heterocycles. The summed E-state index contributed by atoms with van der Waals surface area (Å²) < 4.78 is 0. The fraction of sp³-hybridized carbons (Fsp3) is 0.500. The van der Waals surface area contributed by atoms with Gasteiger partial charge in [0.15, 0.2) is 0 Å². The largest absolute Gasteiger partial charge is 0.395 e. The quantitative estimate of drug-likeness (QED) is 0.803. The predicted octanol–water partition coefficient (Wildman–Crippen LogP) is 0.0722. The summed E-state index contributed by atoms with van der Waals surface area (Å²) >= 11 is 0. The Kier molecular flexibility index (Phi) is 3.12. The standard InChI is InChI=1S/C12H17N5O/c18-8-7-16-3-5-17(6-4-16)12-10-1-2-13-11(10)14-9-15-12/h1-2,9,18H,3-8H2,(H,13,14,15). The highest BCUT2D eigenvalue weighted by molar-refractivity contribution is 5.87. The van der Waals surface area contributed by atoms with Crippen LogP contribution in [0.2, 0.25) is 0 Å². The maximum absolute atomic E-state index is 8.93. The van der Waals surface area contributed by atoms with Gasteiger partial charge < -0.3 is 15.0 Å². The highest BCUT2D eigenvalue weighted by Gasteiger charge is 2.19. The number of nitrogens with one attached hydrogen (secondary N) is 1. The highest BCUT2D eigenvalue weighted by Crippen LogP contribution is 2.22. The Balaban J connectivity index is 1.78. The van der Waals surface area contributed by atoms with Crippen LogP contribution in [-0.2, 0) is 0 Å². The Morgan fingerprint density at radius 1 is 1.22 bits per heavy atom. The maximum Gasteiger partial charge on any atom is 0.142 e. The van der Waals surface area contributed by atoms with Gasteiger partial charge in [0.05, 0.1) is 12.0 Å². The Bertz CT molecular complexity index is 518. The second kappa shape index (κ2) is 4.91. The van der Waals surface area contributed by atoms with Crippen LogP contribution in [0.15, 0.2) is 18.6 Å². The summed E-state index contributed by atoms with van der Waals surface area (Å²) in [5.41, 5.74) is 0.887. The van der Waals surface area contributed by atoms with Gasteiger partial charge in [0.25, 0.3) is 0 Å². The Morgan fingerprint density at radius 2 is 2.06 bits per heavy atom. The summed E-state index contributed by atoms with van der Waals surface area (Å²) in [5, 5.41) is 10.0. The van der Waals surface area contributed by atoms with Gasteiger partial charge in [-0.15, -0.1) is 0 Å². The fourth-order valence-electron chi connectivity index (χ4n) is 2.44. The summed E-state index contributed by atoms with van der Waals surface area (Å²) in [6.07, 6.45) is 3.50. The van der Waals surface area contributed by atoms with Crippen molar-refractivity contribution in [2.45, 2.75) is 0 Å². The summed E-state index contributed by atoms with van der Waals surface area (Å²) in [7, 11) is 0. The van der Waals surface area contributed by atoms with Gasteiger partial charge in [0.2, 0.25) is 0 Å². The molecule has 0 aliphatic carbocycles. The highest BCUT2D eigenvalue weighted by atomic mass is 16.3. The van der Waals surface area contributed by atoms with Gasteiger partial charge in [-0.05, 0) is 6.07 Å². The lowest BCUT2D eigenvalue weighted by molar-refractivity contribution is 0.188. The number of aliphatic hydroxyl groups excluding tert-OH is 1. The van der Waals surface area contributed by atoms with E-state index in [1.165, 1.54) is 0 Å². The summed E-state index contributed by atoms with van der Waals surface area (Å²) in [6, 6.07) is 2.02. The Morgan fingerprint density at radius 3 is 2.83 bits per heavy atom. The van der Waals surface area contributed by atoms with Gasteiger partial charge in [-0.25, -0.2) is 9.97 Å². The molecular weight excluding hydrogens is 230 g/mol. The van der Waals surface area contributed by atoms with Crippen LogP contribution in [-0.4, -0.2) is 64.3 Å². The van der Waals surface area contributed by atoms with E-state index in [0.29, 0.717) is 0 Å².